The van der Waals surface area contributed by atoms with Crippen LogP contribution in [0.25, 0.3) is 132 Å². The lowest BCUT2D eigenvalue weighted by atomic mass is 9.61. The number of hydrogen-bond donors (Lipinski definition) is 0. The van der Waals surface area contributed by atoms with Crippen molar-refractivity contribution in [2.24, 2.45) is 47.3 Å². The molecule has 4 aromatic heterocycles. The first-order valence-corrected chi connectivity index (χ1v) is 38.0. The third-order valence-corrected chi connectivity index (χ3v) is 26.4. The van der Waals surface area contributed by atoms with Gasteiger partial charge < -0.3 is 28.3 Å². The Labute approximate surface area is 614 Å². The molecule has 0 radical (unpaired) electrons. The van der Waals surface area contributed by atoms with Crippen molar-refractivity contribution in [3.63, 3.8) is 0 Å². The Balaban J connectivity index is 0.734. The van der Waals surface area contributed by atoms with E-state index in [2.05, 4.69) is 258 Å². The van der Waals surface area contributed by atoms with Crippen LogP contribution in [0.4, 0.5) is 0 Å². The van der Waals surface area contributed by atoms with E-state index in [9.17, 15) is 0 Å². The fourth-order valence-corrected chi connectivity index (χ4v) is 22.1. The van der Waals surface area contributed by atoms with Gasteiger partial charge in [-0.3, -0.25) is 9.59 Å². The van der Waals surface area contributed by atoms with Gasteiger partial charge in [0, 0.05) is 113 Å². The molecule has 5 saturated carbocycles. The summed E-state index contributed by atoms with van der Waals surface area (Å²) in [5.74, 6) is 0.773. The van der Waals surface area contributed by atoms with Crippen LogP contribution in [0.1, 0.15) is 73.6 Å². The largest absolute Gasteiger partial charge is 0.497 e. The van der Waals surface area contributed by atoms with Gasteiger partial charge in [-0.25, -0.2) is 0 Å². The van der Waals surface area contributed by atoms with E-state index in [1.807, 2.05) is 27.7 Å². The summed E-state index contributed by atoms with van der Waals surface area (Å²) >= 11 is 0. The number of fused-ring (bicyclic) bond motifs is 19. The second-order valence-electron chi connectivity index (χ2n) is 30.9. The van der Waals surface area contributed by atoms with E-state index >= 15 is 9.59 Å². The van der Waals surface area contributed by atoms with E-state index in [-0.39, 0.29) is 59.4 Å². The topological polar surface area (TPSA) is 90.8 Å². The third kappa shape index (κ3) is 9.41. The van der Waals surface area contributed by atoms with Gasteiger partial charge in [0.25, 0.3) is 0 Å². The van der Waals surface area contributed by atoms with Crippen LogP contribution >= 0.6 is 0 Å². The molecule has 520 valence electrons. The molecule has 10 heteroatoms. The number of aromatic nitrogens is 4. The van der Waals surface area contributed by atoms with E-state index < -0.39 is 11.8 Å². The number of hydrogen-bond acceptors (Lipinski definition) is 6. The number of carbonyl (C=O) groups excluding carboxylic acids is 2. The van der Waals surface area contributed by atoms with Crippen molar-refractivity contribution in [2.75, 3.05) is 28.4 Å². The molecular formula is C96H80N4O6. The van der Waals surface area contributed by atoms with Crippen molar-refractivity contribution in [1.29, 1.82) is 0 Å². The summed E-state index contributed by atoms with van der Waals surface area (Å²) in [6, 6.07) is 97.3. The number of benzene rings is 12. The maximum absolute atomic E-state index is 17.5. The fraction of sp³-hybridized carbons (Fsp3) is 0.229. The Morgan fingerprint density at radius 2 is 0.651 bits per heavy atom. The lowest BCUT2D eigenvalue weighted by Gasteiger charge is -2.45. The van der Waals surface area contributed by atoms with Gasteiger partial charge in [-0.15, -0.1) is 0 Å². The van der Waals surface area contributed by atoms with Crippen LogP contribution in [0.2, 0.25) is 0 Å². The number of ketones is 2. The predicted octanol–water partition coefficient (Wildman–Crippen LogP) is 21.7. The predicted molar refractivity (Wildman–Crippen MR) is 427 cm³/mol. The molecule has 5 fully saturated rings. The second-order valence-corrected chi connectivity index (χ2v) is 30.9. The monoisotopic (exact) mass is 1380 g/mol. The minimum absolute atomic E-state index is 0.0154. The van der Waals surface area contributed by atoms with E-state index in [0.717, 1.165) is 109 Å². The summed E-state index contributed by atoms with van der Waals surface area (Å²) < 4.78 is 20.7. The summed E-state index contributed by atoms with van der Waals surface area (Å²) in [6.45, 7) is 0. The molecule has 0 bridgehead atoms. The number of nitrogens with zero attached hydrogens (tertiary/aromatic N) is 4. The smallest absolute Gasteiger partial charge is 0.142 e. The Morgan fingerprint density at radius 3 is 1.07 bits per heavy atom. The Kier molecular flexibility index (Phi) is 14.5. The second kappa shape index (κ2) is 24.5. The van der Waals surface area contributed by atoms with Gasteiger partial charge in [0.05, 0.1) is 36.3 Å². The van der Waals surface area contributed by atoms with E-state index in [1.54, 1.807) is 28.4 Å². The molecule has 16 aromatic rings. The zero-order chi connectivity index (χ0) is 70.7. The molecular weight excluding hydrogens is 1310 g/mol. The number of carbonyl (C=O) groups is 2. The van der Waals surface area contributed by atoms with E-state index in [1.165, 1.54) is 77.1 Å². The van der Waals surface area contributed by atoms with Gasteiger partial charge in [0.1, 0.15) is 37.3 Å². The number of rotatable bonds is 12. The summed E-state index contributed by atoms with van der Waals surface area (Å²) in [6.07, 6.45) is 4.94. The van der Waals surface area contributed by atoms with Crippen molar-refractivity contribution >= 4 is 98.8 Å². The minimum Gasteiger partial charge on any atom is -0.497 e. The number of ether oxygens (including phenoxy) is 2. The van der Waals surface area contributed by atoms with Crippen molar-refractivity contribution in [2.45, 2.75) is 62.4 Å². The molecule has 12 atom stereocenters. The minimum atomic E-state index is -0.423. The Hall–Kier alpha value is -11.6. The molecule has 106 heavy (non-hydrogen) atoms. The first-order chi connectivity index (χ1) is 52.2. The quantitative estimate of drug-likeness (QED) is 0.121. The number of Topliss-reactive ketones (excluding diaryl/α,β-unsaturated/α-hetero) is 2. The van der Waals surface area contributed by atoms with Gasteiger partial charge in [-0.2, -0.15) is 9.46 Å². The highest BCUT2D eigenvalue weighted by Gasteiger charge is 2.67. The van der Waals surface area contributed by atoms with Gasteiger partial charge in [0.2, 0.25) is 0 Å². The average Bonchev–Trinajstić information content (AvgIpc) is 1.50. The van der Waals surface area contributed by atoms with Gasteiger partial charge in [-0.05, 0) is 215 Å². The molecule has 0 saturated heterocycles. The molecule has 0 amide bonds. The fourth-order valence-electron chi connectivity index (χ4n) is 22.1. The summed E-state index contributed by atoms with van der Waals surface area (Å²) in [4.78, 5) is 47.0. The number of methoxy groups -OCH3 is 2. The molecule has 0 aliphatic heterocycles. The lowest BCUT2D eigenvalue weighted by Crippen LogP contribution is -2.40. The van der Waals surface area contributed by atoms with Gasteiger partial charge in [-0.1, -0.05) is 170 Å². The van der Waals surface area contributed by atoms with Crippen molar-refractivity contribution < 1.29 is 28.7 Å². The molecule has 12 aromatic carbocycles. The van der Waals surface area contributed by atoms with Crippen LogP contribution in [-0.4, -0.2) is 58.6 Å². The summed E-state index contributed by atoms with van der Waals surface area (Å²) in [5, 5.41) is 9.17. The lowest BCUT2D eigenvalue weighted by molar-refractivity contribution is -0.135. The van der Waals surface area contributed by atoms with Crippen LogP contribution in [-0.2, 0) is 9.59 Å². The standard InChI is InChI=1S/C96H80N4O6/c1-103-65-31-35-69-67-33-25-63(49-87(67)99(105-3)89(69)51-65)73-53-75-71-37-38-72-91-85(97-81-39-27-59(55-17-9-5-10-18-55)45-76(81)77-46-60(28-40-82(77)97)56-19-11-6-12-20-56)43-44-86(98-83-41-29-61(57-21-13-7-14-22-57)47-78(83)79-48-62(30-42-84(79)98)58-23-15-8-16-24-58)94(91)96(102)93(72)92(71)95(101)80(75)54-74(73)64-26-34-68-70-36-32-66(104-2)52-90(70)100(106-4)88(68)50-64/h5-36,39-42,45-52,71-75,80,85-86,91-94H,37-38,43-44,53-54H2,1-4H3. The third-order valence-electron chi connectivity index (χ3n) is 26.4. The first-order valence-electron chi connectivity index (χ1n) is 38.0. The average molecular weight is 1390 g/mol. The van der Waals surface area contributed by atoms with Gasteiger partial charge >= 0.3 is 0 Å². The van der Waals surface area contributed by atoms with Crippen LogP contribution in [0.15, 0.2) is 267 Å². The molecule has 0 N–H and O–H groups in total. The Morgan fingerprint density at radius 1 is 0.283 bits per heavy atom. The molecule has 0 spiro atoms. The van der Waals surface area contributed by atoms with Gasteiger partial charge in [0.15, 0.2) is 0 Å². The Bertz CT molecular complexity index is 6050. The molecule has 21 rings (SSSR count). The van der Waals surface area contributed by atoms with Crippen LogP contribution < -0.4 is 19.1 Å². The maximum atomic E-state index is 17.5. The van der Waals surface area contributed by atoms with E-state index in [4.69, 9.17) is 19.1 Å². The molecule has 12 unspecified atom stereocenters. The molecule has 10 nitrogen and oxygen atoms in total. The van der Waals surface area contributed by atoms with Crippen LogP contribution in [0, 0.1) is 47.3 Å². The van der Waals surface area contributed by atoms with Crippen molar-refractivity contribution in [1.82, 2.24) is 18.6 Å². The highest BCUT2D eigenvalue weighted by atomic mass is 16.6. The highest BCUT2D eigenvalue weighted by Crippen LogP contribution is 2.68. The maximum Gasteiger partial charge on any atom is 0.142 e. The zero-order valence-corrected chi connectivity index (χ0v) is 59.8. The normalized spacial score (nSPS) is 23.5. The molecule has 5 aliphatic rings. The van der Waals surface area contributed by atoms with E-state index in [0.29, 0.717) is 18.0 Å². The van der Waals surface area contributed by atoms with Crippen LogP contribution in [0.5, 0.6) is 11.5 Å². The summed E-state index contributed by atoms with van der Waals surface area (Å²) in [7, 11) is 6.87. The molecule has 4 heterocycles. The molecule has 5 aliphatic carbocycles. The summed E-state index contributed by atoms with van der Waals surface area (Å²) in [5.41, 5.74) is 20.3. The van der Waals surface area contributed by atoms with Crippen molar-refractivity contribution in [3.8, 4) is 56.0 Å². The SMILES string of the molecule is COc1ccc2c3ccc(C4CC5C(=O)C6C(CCC7C6C(=O)C6C7C(n7c8ccc(-c9ccccc9)cc8c8cc(-c9ccccc9)ccc87)CCC6n6c7ccc(-c8ccccc8)cc7c7cc(-c8ccccc8)ccc76)C5CC4c4ccc5c6ccc(OC)cc6n(OC)c5c4)cc3n(OC)c2c1. The zero-order valence-electron chi connectivity index (χ0n) is 59.8. The van der Waals surface area contributed by atoms with Crippen LogP contribution in [0.3, 0.4) is 0 Å². The first kappa shape index (κ1) is 62.9. The van der Waals surface area contributed by atoms with Crippen molar-refractivity contribution in [3.05, 3.63) is 278 Å². The highest BCUT2D eigenvalue weighted by molar-refractivity contribution is 6.14.